The predicted octanol–water partition coefficient (Wildman–Crippen LogP) is 2.53. The van der Waals surface area contributed by atoms with Crippen molar-refractivity contribution in [2.45, 2.75) is 6.92 Å². The van der Waals surface area contributed by atoms with Crippen LogP contribution >= 0.6 is 11.6 Å². The maximum atomic E-state index is 11.6. The van der Waals surface area contributed by atoms with Gasteiger partial charge in [0.05, 0.1) is 25.8 Å². The molecule has 0 aliphatic carbocycles. The van der Waals surface area contributed by atoms with Gasteiger partial charge in [-0.3, -0.25) is 0 Å². The highest BCUT2D eigenvalue weighted by atomic mass is 35.5. The van der Waals surface area contributed by atoms with E-state index >= 15 is 0 Å². The largest absolute Gasteiger partial charge is 0.497 e. The van der Waals surface area contributed by atoms with Gasteiger partial charge in [-0.2, -0.15) is 0 Å². The fourth-order valence-electron chi connectivity index (χ4n) is 1.25. The number of esters is 1. The summed E-state index contributed by atoms with van der Waals surface area (Å²) >= 11 is 5.94. The Balaban J connectivity index is 3.22. The van der Waals surface area contributed by atoms with E-state index in [1.165, 1.54) is 20.3 Å². The van der Waals surface area contributed by atoms with E-state index in [9.17, 15) is 4.79 Å². The Bertz CT molecular complexity index is 390. The van der Waals surface area contributed by atoms with Crippen LogP contribution in [0.1, 0.15) is 17.3 Å². The van der Waals surface area contributed by atoms with Gasteiger partial charge in [0.15, 0.2) is 5.75 Å². The zero-order chi connectivity index (χ0) is 12.1. The van der Waals surface area contributed by atoms with Crippen LogP contribution in [0.4, 0.5) is 0 Å². The van der Waals surface area contributed by atoms with Gasteiger partial charge < -0.3 is 14.2 Å². The van der Waals surface area contributed by atoms with Gasteiger partial charge in [-0.1, -0.05) is 11.6 Å². The number of halogens is 1. The molecule has 5 heteroatoms. The van der Waals surface area contributed by atoms with Crippen molar-refractivity contribution in [3.8, 4) is 11.5 Å². The van der Waals surface area contributed by atoms with E-state index in [0.717, 1.165) is 0 Å². The van der Waals surface area contributed by atoms with Crippen LogP contribution in [0.3, 0.4) is 0 Å². The second-order valence-electron chi connectivity index (χ2n) is 2.91. The molecule has 0 unspecified atom stereocenters. The minimum atomic E-state index is -0.486. The Hall–Kier alpha value is -1.42. The lowest BCUT2D eigenvalue weighted by Crippen LogP contribution is -2.07. The standard InChI is InChI=1S/C11H13ClO4/c1-4-16-11(13)8-5-7(14-2)6-9(12)10(8)15-3/h5-6H,4H2,1-3H3. The molecule has 0 fully saturated rings. The molecule has 0 aliphatic rings. The molecule has 4 nitrogen and oxygen atoms in total. The summed E-state index contributed by atoms with van der Waals surface area (Å²) in [5, 5.41) is 0.310. The van der Waals surface area contributed by atoms with Crippen LogP contribution in [-0.2, 0) is 4.74 Å². The molecular formula is C11H13ClO4. The van der Waals surface area contributed by atoms with Gasteiger partial charge >= 0.3 is 5.97 Å². The van der Waals surface area contributed by atoms with E-state index < -0.39 is 5.97 Å². The molecule has 0 amide bonds. The molecule has 0 aliphatic heterocycles. The fraction of sp³-hybridized carbons (Fsp3) is 0.364. The number of hydrogen-bond acceptors (Lipinski definition) is 4. The smallest absolute Gasteiger partial charge is 0.342 e. The first-order chi connectivity index (χ1) is 7.63. The van der Waals surface area contributed by atoms with Crippen molar-refractivity contribution in [1.29, 1.82) is 0 Å². The minimum Gasteiger partial charge on any atom is -0.497 e. The second-order valence-corrected chi connectivity index (χ2v) is 3.32. The van der Waals surface area contributed by atoms with Crippen LogP contribution in [0.5, 0.6) is 11.5 Å². The summed E-state index contributed by atoms with van der Waals surface area (Å²) in [4.78, 5) is 11.6. The molecule has 16 heavy (non-hydrogen) atoms. The normalized spacial score (nSPS) is 9.75. The Morgan fingerprint density at radius 1 is 1.31 bits per heavy atom. The predicted molar refractivity (Wildman–Crippen MR) is 60.5 cm³/mol. The highest BCUT2D eigenvalue weighted by molar-refractivity contribution is 6.32. The Labute approximate surface area is 99.1 Å². The van der Waals surface area contributed by atoms with Gasteiger partial charge in [-0.25, -0.2) is 4.79 Å². The summed E-state index contributed by atoms with van der Waals surface area (Å²) in [6, 6.07) is 3.10. The average Bonchev–Trinajstić information content (AvgIpc) is 2.28. The first-order valence-corrected chi connectivity index (χ1v) is 5.10. The fourth-order valence-corrected chi connectivity index (χ4v) is 1.54. The number of carbonyl (C=O) groups excluding carboxylic acids is 1. The highest BCUT2D eigenvalue weighted by Gasteiger charge is 2.18. The first kappa shape index (κ1) is 12.6. The van der Waals surface area contributed by atoms with Crippen LogP contribution < -0.4 is 9.47 Å². The molecule has 1 rings (SSSR count). The number of hydrogen-bond donors (Lipinski definition) is 0. The van der Waals surface area contributed by atoms with E-state index in [2.05, 4.69) is 0 Å². The van der Waals surface area contributed by atoms with Crippen LogP contribution in [0.25, 0.3) is 0 Å². The molecule has 0 N–H and O–H groups in total. The Morgan fingerprint density at radius 2 is 2.00 bits per heavy atom. The Kier molecular flexibility index (Phi) is 4.43. The molecule has 0 aromatic heterocycles. The number of methoxy groups -OCH3 is 2. The SMILES string of the molecule is CCOC(=O)c1cc(OC)cc(Cl)c1OC. The summed E-state index contributed by atoms with van der Waals surface area (Å²) in [5.74, 6) is 0.287. The van der Waals surface area contributed by atoms with Crippen molar-refractivity contribution in [3.05, 3.63) is 22.7 Å². The molecule has 0 saturated carbocycles. The van der Waals surface area contributed by atoms with Gasteiger partial charge in [-0.05, 0) is 13.0 Å². The molecule has 0 heterocycles. The summed E-state index contributed by atoms with van der Waals surface area (Å²) in [6.45, 7) is 2.02. The maximum absolute atomic E-state index is 11.6. The molecule has 0 spiro atoms. The third-order valence-corrected chi connectivity index (χ3v) is 2.23. The third-order valence-electron chi connectivity index (χ3n) is 1.95. The molecule has 1 aromatic carbocycles. The number of ether oxygens (including phenoxy) is 3. The van der Waals surface area contributed by atoms with Crippen LogP contribution in [0.2, 0.25) is 5.02 Å². The Morgan fingerprint density at radius 3 is 2.50 bits per heavy atom. The zero-order valence-corrected chi connectivity index (χ0v) is 10.1. The van der Waals surface area contributed by atoms with E-state index in [0.29, 0.717) is 16.5 Å². The molecule has 1 aromatic rings. The number of benzene rings is 1. The topological polar surface area (TPSA) is 44.8 Å². The summed E-state index contributed by atoms with van der Waals surface area (Å²) in [6.07, 6.45) is 0. The van der Waals surface area contributed by atoms with Crippen molar-refractivity contribution in [2.24, 2.45) is 0 Å². The number of carbonyl (C=O) groups is 1. The molecule has 0 bridgehead atoms. The maximum Gasteiger partial charge on any atom is 0.342 e. The minimum absolute atomic E-state index is 0.258. The number of rotatable bonds is 4. The highest BCUT2D eigenvalue weighted by Crippen LogP contribution is 2.33. The third kappa shape index (κ3) is 2.58. The van der Waals surface area contributed by atoms with Gasteiger partial charge in [0.2, 0.25) is 0 Å². The van der Waals surface area contributed by atoms with Crippen LogP contribution in [-0.4, -0.2) is 26.8 Å². The lowest BCUT2D eigenvalue weighted by molar-refractivity contribution is 0.0522. The quantitative estimate of drug-likeness (QED) is 0.764. The summed E-state index contributed by atoms with van der Waals surface area (Å²) in [5.41, 5.74) is 0.258. The zero-order valence-electron chi connectivity index (χ0n) is 9.37. The van der Waals surface area contributed by atoms with Crippen molar-refractivity contribution in [1.82, 2.24) is 0 Å². The van der Waals surface area contributed by atoms with E-state index in [-0.39, 0.29) is 12.2 Å². The van der Waals surface area contributed by atoms with E-state index in [4.69, 9.17) is 25.8 Å². The van der Waals surface area contributed by atoms with Gasteiger partial charge in [0, 0.05) is 6.07 Å². The molecule has 0 saturated heterocycles. The lowest BCUT2D eigenvalue weighted by atomic mass is 10.2. The lowest BCUT2D eigenvalue weighted by Gasteiger charge is -2.11. The van der Waals surface area contributed by atoms with Crippen LogP contribution in [0.15, 0.2) is 12.1 Å². The monoisotopic (exact) mass is 244 g/mol. The van der Waals surface area contributed by atoms with Gasteiger partial charge in [0.25, 0.3) is 0 Å². The van der Waals surface area contributed by atoms with Crippen LogP contribution in [0, 0.1) is 0 Å². The van der Waals surface area contributed by atoms with Gasteiger partial charge in [0.1, 0.15) is 11.3 Å². The molecular weight excluding hydrogens is 232 g/mol. The van der Waals surface area contributed by atoms with E-state index in [1.54, 1.807) is 13.0 Å². The van der Waals surface area contributed by atoms with Crippen molar-refractivity contribution in [3.63, 3.8) is 0 Å². The molecule has 0 radical (unpaired) electrons. The van der Waals surface area contributed by atoms with Crippen molar-refractivity contribution < 1.29 is 19.0 Å². The van der Waals surface area contributed by atoms with Crippen molar-refractivity contribution >= 4 is 17.6 Å². The first-order valence-electron chi connectivity index (χ1n) is 4.72. The molecule has 0 atom stereocenters. The summed E-state index contributed by atoms with van der Waals surface area (Å²) in [7, 11) is 2.93. The van der Waals surface area contributed by atoms with Gasteiger partial charge in [-0.15, -0.1) is 0 Å². The van der Waals surface area contributed by atoms with Crippen molar-refractivity contribution in [2.75, 3.05) is 20.8 Å². The molecule has 88 valence electrons. The summed E-state index contributed by atoms with van der Waals surface area (Å²) < 4.78 is 15.0. The second kappa shape index (κ2) is 5.61. The van der Waals surface area contributed by atoms with E-state index in [1.807, 2.05) is 0 Å². The average molecular weight is 245 g/mol.